The first-order valence-electron chi connectivity index (χ1n) is 17.8. The molecule has 17 heteroatoms. The summed E-state index contributed by atoms with van der Waals surface area (Å²) in [5.74, 6) is -2.90. The van der Waals surface area contributed by atoms with Crippen LogP contribution in [0.25, 0.3) is 0 Å². The van der Waals surface area contributed by atoms with Gasteiger partial charge in [-0.3, -0.25) is 24.1 Å². The number of carboxylic acid groups (broad SMARTS) is 1. The van der Waals surface area contributed by atoms with Crippen molar-refractivity contribution in [3.8, 4) is 5.75 Å². The molecule has 5 atom stereocenters. The Labute approximate surface area is 308 Å². The Hall–Kier alpha value is -3.97. The molecule has 1 aromatic rings. The van der Waals surface area contributed by atoms with Gasteiger partial charge in [0, 0.05) is 43.8 Å². The number of benzene rings is 1. The molecule has 2 heterocycles. The van der Waals surface area contributed by atoms with E-state index in [1.165, 1.54) is 17.1 Å². The van der Waals surface area contributed by atoms with Gasteiger partial charge in [0.05, 0.1) is 39.0 Å². The van der Waals surface area contributed by atoms with Crippen LogP contribution in [0, 0.1) is 5.92 Å². The van der Waals surface area contributed by atoms with Crippen LogP contribution in [-0.4, -0.2) is 138 Å². The number of carbonyl (C=O) groups is 5. The number of hydrogen-bond donors (Lipinski definition) is 5. The number of rotatable bonds is 25. The second-order valence-electron chi connectivity index (χ2n) is 12.8. The average Bonchev–Trinajstić information content (AvgIpc) is 3.45. The minimum atomic E-state index is -1.86. The number of aliphatic hydroxyl groups excluding tert-OH is 3. The van der Waals surface area contributed by atoms with Gasteiger partial charge in [-0.05, 0) is 43.4 Å². The third-order valence-corrected chi connectivity index (χ3v) is 8.28. The minimum Gasteiger partial charge on any atom is -0.479 e. The number of amides is 3. The van der Waals surface area contributed by atoms with Crippen LogP contribution in [0.5, 0.6) is 5.75 Å². The number of nitrogens with zero attached hydrogens (tertiary/aromatic N) is 1. The average molecular weight is 753 g/mol. The molecule has 1 fully saturated rings. The Morgan fingerprint density at radius 1 is 0.849 bits per heavy atom. The number of hydrogen-bond acceptors (Lipinski definition) is 14. The number of ether oxygens (including phenoxy) is 6. The monoisotopic (exact) mass is 752 g/mol. The van der Waals surface area contributed by atoms with Gasteiger partial charge < -0.3 is 54.2 Å². The van der Waals surface area contributed by atoms with Gasteiger partial charge in [0.15, 0.2) is 6.10 Å². The first kappa shape index (κ1) is 43.4. The maximum absolute atomic E-state index is 12.1. The van der Waals surface area contributed by atoms with E-state index in [1.807, 2.05) is 0 Å². The minimum absolute atomic E-state index is 0.0814. The lowest BCUT2D eigenvalue weighted by atomic mass is 9.99. The molecule has 2 aliphatic heterocycles. The van der Waals surface area contributed by atoms with E-state index in [9.17, 15) is 44.4 Å². The van der Waals surface area contributed by atoms with Crippen molar-refractivity contribution in [2.24, 2.45) is 5.92 Å². The van der Waals surface area contributed by atoms with Crippen LogP contribution < -0.4 is 10.1 Å². The Bertz CT molecular complexity index is 1370. The van der Waals surface area contributed by atoms with Crippen LogP contribution >= 0.6 is 0 Å². The topological polar surface area (TPSA) is 237 Å². The van der Waals surface area contributed by atoms with Gasteiger partial charge in [0.25, 0.3) is 11.8 Å². The molecule has 0 saturated carbocycles. The third-order valence-electron chi connectivity index (χ3n) is 8.28. The zero-order valence-corrected chi connectivity index (χ0v) is 30.2. The fourth-order valence-electron chi connectivity index (χ4n) is 5.26. The molecule has 296 valence electrons. The van der Waals surface area contributed by atoms with E-state index < -0.39 is 42.6 Å². The molecule has 3 amide bonds. The number of unbranched alkanes of at least 4 members (excludes halogenated alkanes) is 2. The quantitative estimate of drug-likeness (QED) is 0.0511. The predicted molar refractivity (Wildman–Crippen MR) is 184 cm³/mol. The van der Waals surface area contributed by atoms with E-state index in [0.29, 0.717) is 90.4 Å². The summed E-state index contributed by atoms with van der Waals surface area (Å²) >= 11 is 0. The van der Waals surface area contributed by atoms with Gasteiger partial charge in [0.2, 0.25) is 12.2 Å². The van der Waals surface area contributed by atoms with Crippen molar-refractivity contribution in [3.63, 3.8) is 0 Å². The van der Waals surface area contributed by atoms with Crippen LogP contribution in [0.15, 0.2) is 30.4 Å². The molecule has 17 nitrogen and oxygen atoms in total. The fraction of sp³-hybridized carbons (Fsp3) is 0.639. The van der Waals surface area contributed by atoms with Crippen molar-refractivity contribution in [1.82, 2.24) is 10.2 Å². The number of carbonyl (C=O) groups excluding carboxylic acids is 4. The molecule has 3 rings (SSSR count). The van der Waals surface area contributed by atoms with Crippen LogP contribution in [0.2, 0.25) is 0 Å². The Morgan fingerprint density at radius 2 is 1.51 bits per heavy atom. The highest BCUT2D eigenvalue weighted by Gasteiger charge is 2.48. The standard InChI is InChI=1S/C36H52N2O15/c1-23(2)35(47)51-22-25-21-24(9-10-26(25)52-36-32(44)30(42)31(43)33(53-36)34(45)46)7-6-15-48-17-19-50-20-18-49-16-13-37-27(39)8-4-3-5-14-38-28(40)11-12-29(38)41/h9-12,21,23,30-33,36,42-44H,3-8,13-20,22H2,1-2H3,(H,37,39)(H,45,46)/t30-,31-,32+,33-,36+/m0/s1. The van der Waals surface area contributed by atoms with Crippen LogP contribution in [0.1, 0.15) is 57.1 Å². The van der Waals surface area contributed by atoms with Crippen LogP contribution in [-0.2, 0) is 60.7 Å². The lowest BCUT2D eigenvalue weighted by Crippen LogP contribution is -2.61. The second kappa shape index (κ2) is 23.0. The summed E-state index contributed by atoms with van der Waals surface area (Å²) in [6.45, 7) is 6.22. The Morgan fingerprint density at radius 3 is 2.17 bits per heavy atom. The van der Waals surface area contributed by atoms with Gasteiger partial charge in [-0.15, -0.1) is 0 Å². The number of aliphatic carboxylic acids is 1. The van der Waals surface area contributed by atoms with Crippen molar-refractivity contribution in [3.05, 3.63) is 41.5 Å². The largest absolute Gasteiger partial charge is 0.479 e. The smallest absolute Gasteiger partial charge is 0.335 e. The summed E-state index contributed by atoms with van der Waals surface area (Å²) in [7, 11) is 0. The highest BCUT2D eigenvalue weighted by molar-refractivity contribution is 6.12. The summed E-state index contributed by atoms with van der Waals surface area (Å²) in [6.07, 6.45) is -2.69. The van der Waals surface area contributed by atoms with Crippen LogP contribution in [0.4, 0.5) is 0 Å². The lowest BCUT2D eigenvalue weighted by Gasteiger charge is -2.38. The van der Waals surface area contributed by atoms with Crippen molar-refractivity contribution in [2.75, 3.05) is 52.7 Å². The number of aryl methyl sites for hydroxylation is 1. The van der Waals surface area contributed by atoms with E-state index in [4.69, 9.17) is 28.4 Å². The van der Waals surface area contributed by atoms with Gasteiger partial charge in [-0.25, -0.2) is 4.79 Å². The first-order chi connectivity index (χ1) is 25.4. The molecule has 5 N–H and O–H groups in total. The zero-order valence-electron chi connectivity index (χ0n) is 30.2. The van der Waals surface area contributed by atoms with Crippen molar-refractivity contribution >= 4 is 29.7 Å². The molecule has 0 aromatic heterocycles. The summed E-state index contributed by atoms with van der Waals surface area (Å²) in [5, 5.41) is 42.6. The normalized spacial score (nSPS) is 21.3. The van der Waals surface area contributed by atoms with Gasteiger partial charge in [-0.2, -0.15) is 0 Å². The molecule has 2 aliphatic rings. The summed E-state index contributed by atoms with van der Waals surface area (Å²) in [5.41, 5.74) is 1.30. The van der Waals surface area contributed by atoms with Gasteiger partial charge in [-0.1, -0.05) is 26.3 Å². The number of aliphatic hydroxyl groups is 3. The highest BCUT2D eigenvalue weighted by atomic mass is 16.7. The molecule has 53 heavy (non-hydrogen) atoms. The van der Waals surface area contributed by atoms with E-state index in [2.05, 4.69) is 5.32 Å². The van der Waals surface area contributed by atoms with Crippen molar-refractivity contribution in [2.45, 2.75) is 89.7 Å². The summed E-state index contributed by atoms with van der Waals surface area (Å²) < 4.78 is 33.0. The predicted octanol–water partition coefficient (Wildman–Crippen LogP) is 0.241. The SMILES string of the molecule is CC(C)C(=O)OCc1cc(CCCOCCOCCOCCNC(=O)CCCCCN2C(=O)C=CC2=O)ccc1O[C@@H]1O[C@H](C(=O)O)[C@@H](O)[C@H](O)[C@H]1O. The summed E-state index contributed by atoms with van der Waals surface area (Å²) in [4.78, 5) is 59.8. The highest BCUT2D eigenvalue weighted by Crippen LogP contribution is 2.28. The zero-order chi connectivity index (χ0) is 38.8. The van der Waals surface area contributed by atoms with Crippen molar-refractivity contribution < 1.29 is 72.8 Å². The van der Waals surface area contributed by atoms with E-state index in [0.717, 1.165) is 12.0 Å². The molecule has 0 aliphatic carbocycles. The maximum atomic E-state index is 12.1. The molecule has 1 saturated heterocycles. The molecule has 0 radical (unpaired) electrons. The van der Waals surface area contributed by atoms with Gasteiger partial charge >= 0.3 is 11.9 Å². The van der Waals surface area contributed by atoms with Crippen LogP contribution in [0.3, 0.4) is 0 Å². The number of carboxylic acids is 1. The molecule has 0 bridgehead atoms. The Balaban J connectivity index is 1.26. The maximum Gasteiger partial charge on any atom is 0.335 e. The number of nitrogens with one attached hydrogen (secondary N) is 1. The molecular formula is C36H52N2O15. The molecule has 0 unspecified atom stereocenters. The first-order valence-corrected chi connectivity index (χ1v) is 17.8. The van der Waals surface area contributed by atoms with E-state index in [1.54, 1.807) is 32.0 Å². The van der Waals surface area contributed by atoms with Crippen molar-refractivity contribution in [1.29, 1.82) is 0 Å². The fourth-order valence-corrected chi connectivity index (χ4v) is 5.26. The Kier molecular flexibility index (Phi) is 18.8. The lowest BCUT2D eigenvalue weighted by molar-refractivity contribution is -0.271. The molecule has 0 spiro atoms. The third kappa shape index (κ3) is 14.8. The van der Waals surface area contributed by atoms with Gasteiger partial charge in [0.1, 0.15) is 30.7 Å². The second-order valence-corrected chi connectivity index (χ2v) is 12.8. The van der Waals surface area contributed by atoms with E-state index in [-0.39, 0.29) is 36.0 Å². The molecular weight excluding hydrogens is 700 g/mol. The number of imide groups is 1. The number of esters is 1. The van der Waals surface area contributed by atoms with E-state index >= 15 is 0 Å². The summed E-state index contributed by atoms with van der Waals surface area (Å²) in [6, 6.07) is 5.06. The molecule has 1 aromatic carbocycles.